The molecule has 3 rings (SSSR count). The molecule has 0 atom stereocenters. The van der Waals surface area contributed by atoms with Crippen molar-refractivity contribution < 1.29 is 0 Å². The number of hydrogen-bond acceptors (Lipinski definition) is 2. The average molecular weight is 265 g/mol. The summed E-state index contributed by atoms with van der Waals surface area (Å²) in [7, 11) is 1.75. The van der Waals surface area contributed by atoms with Crippen molar-refractivity contribution in [3.63, 3.8) is 0 Å². The van der Waals surface area contributed by atoms with E-state index >= 15 is 0 Å². The van der Waals surface area contributed by atoms with E-state index in [9.17, 15) is 4.79 Å². The molecule has 0 bridgehead atoms. The Balaban J connectivity index is 2.22. The molecular formula is C16H15N3O. The molecule has 0 saturated heterocycles. The Bertz CT molecular complexity index is 800. The molecule has 100 valence electrons. The summed E-state index contributed by atoms with van der Waals surface area (Å²) in [5.41, 5.74) is 2.70. The van der Waals surface area contributed by atoms with Crippen LogP contribution in [-0.4, -0.2) is 14.3 Å². The summed E-state index contributed by atoms with van der Waals surface area (Å²) in [4.78, 5) is 12.3. The van der Waals surface area contributed by atoms with Gasteiger partial charge < -0.3 is 0 Å². The number of rotatable bonds is 2. The Labute approximate surface area is 116 Å². The van der Waals surface area contributed by atoms with Gasteiger partial charge in [0.25, 0.3) is 0 Å². The van der Waals surface area contributed by atoms with Crippen LogP contribution in [-0.2, 0) is 7.05 Å². The normalized spacial score (nSPS) is 10.7. The third-order valence-corrected chi connectivity index (χ3v) is 3.37. The van der Waals surface area contributed by atoms with Gasteiger partial charge in [-0.25, -0.2) is 4.79 Å². The van der Waals surface area contributed by atoms with Crippen molar-refractivity contribution in [1.29, 1.82) is 0 Å². The lowest BCUT2D eigenvalue weighted by molar-refractivity contribution is 0.799. The van der Waals surface area contributed by atoms with Gasteiger partial charge in [0.2, 0.25) is 0 Å². The summed E-state index contributed by atoms with van der Waals surface area (Å²) in [6.45, 7) is 2.02. The van der Waals surface area contributed by atoms with Crippen molar-refractivity contribution in [2.75, 3.05) is 0 Å². The van der Waals surface area contributed by atoms with Gasteiger partial charge in [-0.15, -0.1) is 5.10 Å². The van der Waals surface area contributed by atoms with Gasteiger partial charge in [-0.1, -0.05) is 42.5 Å². The van der Waals surface area contributed by atoms with Crippen LogP contribution in [0, 0.1) is 6.92 Å². The van der Waals surface area contributed by atoms with Gasteiger partial charge >= 0.3 is 5.69 Å². The van der Waals surface area contributed by atoms with E-state index in [0.717, 1.165) is 16.8 Å². The van der Waals surface area contributed by atoms with Crippen LogP contribution in [0.4, 0.5) is 0 Å². The number of aromatic nitrogens is 3. The molecule has 0 saturated carbocycles. The zero-order valence-corrected chi connectivity index (χ0v) is 11.4. The van der Waals surface area contributed by atoms with Crippen LogP contribution < -0.4 is 5.69 Å². The van der Waals surface area contributed by atoms with E-state index in [1.165, 1.54) is 4.68 Å². The summed E-state index contributed by atoms with van der Waals surface area (Å²) in [5, 5.41) is 4.48. The van der Waals surface area contributed by atoms with Gasteiger partial charge in [-0.05, 0) is 24.6 Å². The van der Waals surface area contributed by atoms with Crippen LogP contribution in [0.15, 0.2) is 59.4 Å². The Morgan fingerprint density at radius 3 is 2.30 bits per heavy atom. The fourth-order valence-corrected chi connectivity index (χ4v) is 2.23. The second-order valence-electron chi connectivity index (χ2n) is 4.73. The van der Waals surface area contributed by atoms with Crippen molar-refractivity contribution in [2.45, 2.75) is 6.92 Å². The Morgan fingerprint density at radius 1 is 0.950 bits per heavy atom. The highest BCUT2D eigenvalue weighted by molar-refractivity contribution is 5.60. The summed E-state index contributed by atoms with van der Waals surface area (Å²) in [6, 6.07) is 17.4. The quantitative estimate of drug-likeness (QED) is 0.714. The third kappa shape index (κ3) is 1.95. The molecule has 0 radical (unpaired) electrons. The van der Waals surface area contributed by atoms with E-state index in [4.69, 9.17) is 0 Å². The standard InChI is InChI=1S/C16H15N3O/c1-12-8-6-7-11-14(12)15-17-19(16(20)18(15)2)13-9-4-3-5-10-13/h3-11H,1-2H3. The maximum atomic E-state index is 12.3. The molecule has 2 aromatic carbocycles. The lowest BCUT2D eigenvalue weighted by Gasteiger charge is -2.03. The fourth-order valence-electron chi connectivity index (χ4n) is 2.23. The molecule has 0 spiro atoms. The molecule has 0 aliphatic rings. The van der Waals surface area contributed by atoms with E-state index in [-0.39, 0.29) is 5.69 Å². The van der Waals surface area contributed by atoms with Gasteiger partial charge in [-0.2, -0.15) is 4.68 Å². The van der Waals surface area contributed by atoms with E-state index in [0.29, 0.717) is 5.82 Å². The Kier molecular flexibility index (Phi) is 2.99. The molecule has 1 heterocycles. The van der Waals surface area contributed by atoms with Crippen molar-refractivity contribution in [3.05, 3.63) is 70.6 Å². The van der Waals surface area contributed by atoms with Gasteiger partial charge in [0, 0.05) is 12.6 Å². The first-order valence-corrected chi connectivity index (χ1v) is 6.46. The lowest BCUT2D eigenvalue weighted by Crippen LogP contribution is -2.21. The minimum atomic E-state index is -0.144. The lowest BCUT2D eigenvalue weighted by atomic mass is 10.1. The van der Waals surface area contributed by atoms with Crippen LogP contribution >= 0.6 is 0 Å². The number of aryl methyl sites for hydroxylation is 1. The van der Waals surface area contributed by atoms with Crippen LogP contribution in [0.25, 0.3) is 17.1 Å². The molecule has 0 aliphatic heterocycles. The first-order chi connectivity index (χ1) is 9.68. The molecule has 0 unspecified atom stereocenters. The molecule has 0 fully saturated rings. The summed E-state index contributed by atoms with van der Waals surface area (Å²) in [5.74, 6) is 0.678. The number of nitrogens with zero attached hydrogens (tertiary/aromatic N) is 3. The minimum absolute atomic E-state index is 0.144. The monoisotopic (exact) mass is 265 g/mol. The molecule has 4 heteroatoms. The predicted molar refractivity (Wildman–Crippen MR) is 79.0 cm³/mol. The number of hydrogen-bond donors (Lipinski definition) is 0. The van der Waals surface area contributed by atoms with Crippen LogP contribution in [0.3, 0.4) is 0 Å². The Hall–Kier alpha value is -2.62. The summed E-state index contributed by atoms with van der Waals surface area (Å²) in [6.07, 6.45) is 0. The SMILES string of the molecule is Cc1ccccc1-c1nn(-c2ccccc2)c(=O)n1C. The van der Waals surface area contributed by atoms with Gasteiger partial charge in [-0.3, -0.25) is 4.57 Å². The molecule has 0 amide bonds. The molecule has 1 aromatic heterocycles. The fraction of sp³-hybridized carbons (Fsp3) is 0.125. The Morgan fingerprint density at radius 2 is 1.60 bits per heavy atom. The average Bonchev–Trinajstić information content (AvgIpc) is 2.77. The van der Waals surface area contributed by atoms with Crippen molar-refractivity contribution >= 4 is 0 Å². The maximum absolute atomic E-state index is 12.3. The summed E-state index contributed by atoms with van der Waals surface area (Å²) < 4.78 is 3.01. The molecule has 0 N–H and O–H groups in total. The first-order valence-electron chi connectivity index (χ1n) is 6.46. The zero-order valence-electron chi connectivity index (χ0n) is 11.4. The van der Waals surface area contributed by atoms with E-state index in [1.54, 1.807) is 11.6 Å². The second-order valence-corrected chi connectivity index (χ2v) is 4.73. The van der Waals surface area contributed by atoms with Gasteiger partial charge in [0.15, 0.2) is 5.82 Å². The summed E-state index contributed by atoms with van der Waals surface area (Å²) >= 11 is 0. The minimum Gasteiger partial charge on any atom is -0.278 e. The van der Waals surface area contributed by atoms with Crippen LogP contribution in [0.1, 0.15) is 5.56 Å². The molecule has 3 aromatic rings. The van der Waals surface area contributed by atoms with E-state index < -0.39 is 0 Å². The highest BCUT2D eigenvalue weighted by Crippen LogP contribution is 2.20. The van der Waals surface area contributed by atoms with Crippen LogP contribution in [0.2, 0.25) is 0 Å². The largest absolute Gasteiger partial charge is 0.350 e. The van der Waals surface area contributed by atoms with Crippen molar-refractivity contribution in [2.24, 2.45) is 7.05 Å². The molecule has 0 aliphatic carbocycles. The zero-order chi connectivity index (χ0) is 14.1. The van der Waals surface area contributed by atoms with Gasteiger partial charge in [0.1, 0.15) is 0 Å². The smallest absolute Gasteiger partial charge is 0.278 e. The topological polar surface area (TPSA) is 39.8 Å². The van der Waals surface area contributed by atoms with Crippen molar-refractivity contribution in [1.82, 2.24) is 14.3 Å². The van der Waals surface area contributed by atoms with Gasteiger partial charge in [0.05, 0.1) is 5.69 Å². The predicted octanol–water partition coefficient (Wildman–Crippen LogP) is 2.55. The molecule has 4 nitrogen and oxygen atoms in total. The van der Waals surface area contributed by atoms with E-state index in [1.807, 2.05) is 61.5 Å². The van der Waals surface area contributed by atoms with E-state index in [2.05, 4.69) is 5.10 Å². The highest BCUT2D eigenvalue weighted by Gasteiger charge is 2.14. The molecule has 20 heavy (non-hydrogen) atoms. The highest BCUT2D eigenvalue weighted by atomic mass is 16.2. The van der Waals surface area contributed by atoms with Crippen molar-refractivity contribution in [3.8, 4) is 17.1 Å². The van der Waals surface area contributed by atoms with Crippen LogP contribution in [0.5, 0.6) is 0 Å². The second kappa shape index (κ2) is 4.81. The third-order valence-electron chi connectivity index (χ3n) is 3.37. The number of para-hydroxylation sites is 1. The first kappa shape index (κ1) is 12.4. The maximum Gasteiger partial charge on any atom is 0.350 e. The number of benzene rings is 2. The molecular weight excluding hydrogens is 250 g/mol.